The van der Waals surface area contributed by atoms with Crippen molar-refractivity contribution in [1.82, 2.24) is 10.6 Å². The molecular formula is C17H21N3O5. The number of rotatable bonds is 7. The highest BCUT2D eigenvalue weighted by atomic mass is 16.5. The Morgan fingerprint density at radius 1 is 1.20 bits per heavy atom. The second-order valence-electron chi connectivity index (χ2n) is 5.63. The fourth-order valence-corrected chi connectivity index (χ4v) is 2.44. The quantitative estimate of drug-likeness (QED) is 0.493. The molecule has 1 aromatic carbocycles. The van der Waals surface area contributed by atoms with Crippen LogP contribution in [-0.2, 0) is 19.1 Å². The van der Waals surface area contributed by atoms with Gasteiger partial charge in [0.05, 0.1) is 18.4 Å². The van der Waals surface area contributed by atoms with Gasteiger partial charge in [-0.15, -0.1) is 0 Å². The van der Waals surface area contributed by atoms with Crippen LogP contribution in [0.4, 0.5) is 5.69 Å². The first kappa shape index (κ1) is 18.4. The van der Waals surface area contributed by atoms with Gasteiger partial charge in [0.1, 0.15) is 6.04 Å². The molecule has 0 aromatic heterocycles. The number of amides is 3. The number of para-hydroxylation sites is 1. The number of benzene rings is 1. The fraction of sp³-hybridized carbons (Fsp3) is 0.412. The lowest BCUT2D eigenvalue weighted by Crippen LogP contribution is -2.42. The average Bonchev–Trinajstić information content (AvgIpc) is 2.73. The third-order valence-corrected chi connectivity index (χ3v) is 3.82. The van der Waals surface area contributed by atoms with E-state index in [1.807, 2.05) is 0 Å². The van der Waals surface area contributed by atoms with Crippen molar-refractivity contribution < 1.29 is 23.9 Å². The van der Waals surface area contributed by atoms with E-state index in [0.717, 1.165) is 0 Å². The number of hydrogen-bond donors (Lipinski definition) is 3. The Balaban J connectivity index is 1.79. The zero-order chi connectivity index (χ0) is 18.2. The van der Waals surface area contributed by atoms with Crippen LogP contribution in [0, 0.1) is 0 Å². The fourth-order valence-electron chi connectivity index (χ4n) is 2.44. The summed E-state index contributed by atoms with van der Waals surface area (Å²) in [5.41, 5.74) is 0.852. The van der Waals surface area contributed by atoms with E-state index in [9.17, 15) is 19.2 Å². The predicted octanol–water partition coefficient (Wildman–Crippen LogP) is 0.587. The maximum atomic E-state index is 12.2. The van der Waals surface area contributed by atoms with Crippen LogP contribution in [-0.4, -0.2) is 43.4 Å². The number of hydrogen-bond acceptors (Lipinski definition) is 5. The summed E-state index contributed by atoms with van der Waals surface area (Å²) in [7, 11) is 1.31. The lowest BCUT2D eigenvalue weighted by molar-refractivity contribution is -0.140. The van der Waals surface area contributed by atoms with Crippen molar-refractivity contribution in [2.45, 2.75) is 31.7 Å². The number of nitrogens with one attached hydrogen (secondary N) is 3. The van der Waals surface area contributed by atoms with Crippen molar-refractivity contribution in [2.75, 3.05) is 19.0 Å². The number of carbonyl (C=O) groups is 4. The van der Waals surface area contributed by atoms with Gasteiger partial charge in [0.2, 0.25) is 11.8 Å². The topological polar surface area (TPSA) is 114 Å². The van der Waals surface area contributed by atoms with Gasteiger partial charge >= 0.3 is 5.97 Å². The zero-order valence-electron chi connectivity index (χ0n) is 14.0. The minimum atomic E-state index is -0.777. The largest absolute Gasteiger partial charge is 0.469 e. The van der Waals surface area contributed by atoms with Gasteiger partial charge in [-0.3, -0.25) is 19.2 Å². The molecule has 0 spiro atoms. The molecule has 3 N–H and O–H groups in total. The molecule has 25 heavy (non-hydrogen) atoms. The maximum absolute atomic E-state index is 12.2. The lowest BCUT2D eigenvalue weighted by atomic mass is 10.1. The van der Waals surface area contributed by atoms with E-state index >= 15 is 0 Å². The van der Waals surface area contributed by atoms with Crippen molar-refractivity contribution in [1.29, 1.82) is 0 Å². The Labute approximate surface area is 145 Å². The van der Waals surface area contributed by atoms with Gasteiger partial charge in [0.15, 0.2) is 0 Å². The average molecular weight is 347 g/mol. The zero-order valence-corrected chi connectivity index (χ0v) is 14.0. The van der Waals surface area contributed by atoms with Crippen molar-refractivity contribution in [3.63, 3.8) is 0 Å². The number of methoxy groups -OCH3 is 1. The van der Waals surface area contributed by atoms with Crippen LogP contribution in [0.3, 0.4) is 0 Å². The van der Waals surface area contributed by atoms with Gasteiger partial charge < -0.3 is 20.7 Å². The molecule has 1 aliphatic heterocycles. The van der Waals surface area contributed by atoms with Crippen LogP contribution in [0.15, 0.2) is 24.3 Å². The molecule has 1 atom stereocenters. The van der Waals surface area contributed by atoms with Gasteiger partial charge in [-0.2, -0.15) is 0 Å². The number of esters is 1. The monoisotopic (exact) mass is 347 g/mol. The minimum Gasteiger partial charge on any atom is -0.469 e. The molecule has 0 saturated carbocycles. The normalized spacial score (nSPS) is 16.1. The van der Waals surface area contributed by atoms with Crippen molar-refractivity contribution >= 4 is 29.4 Å². The molecule has 1 unspecified atom stereocenters. The molecule has 0 bridgehead atoms. The number of ether oxygens (including phenoxy) is 1. The molecule has 1 aromatic rings. The maximum Gasteiger partial charge on any atom is 0.305 e. The summed E-state index contributed by atoms with van der Waals surface area (Å²) < 4.78 is 4.51. The van der Waals surface area contributed by atoms with Crippen LogP contribution in [0.25, 0.3) is 0 Å². The van der Waals surface area contributed by atoms with Gasteiger partial charge in [0.25, 0.3) is 5.91 Å². The molecule has 0 radical (unpaired) electrons. The van der Waals surface area contributed by atoms with Crippen molar-refractivity contribution in [2.24, 2.45) is 0 Å². The SMILES string of the molecule is COC(=O)CCCNC(=O)CCC1NC(=O)c2ccccc2NC1=O. The predicted molar refractivity (Wildman–Crippen MR) is 89.8 cm³/mol. The molecule has 1 heterocycles. The van der Waals surface area contributed by atoms with E-state index in [4.69, 9.17) is 0 Å². The Kier molecular flexibility index (Phi) is 6.50. The van der Waals surface area contributed by atoms with Crippen LogP contribution < -0.4 is 16.0 Å². The van der Waals surface area contributed by atoms with Gasteiger partial charge in [-0.1, -0.05) is 12.1 Å². The molecule has 2 rings (SSSR count). The van der Waals surface area contributed by atoms with E-state index in [-0.39, 0.29) is 43.0 Å². The van der Waals surface area contributed by atoms with E-state index < -0.39 is 6.04 Å². The number of anilines is 1. The van der Waals surface area contributed by atoms with Crippen LogP contribution in [0.5, 0.6) is 0 Å². The molecule has 8 nitrogen and oxygen atoms in total. The molecule has 134 valence electrons. The summed E-state index contributed by atoms with van der Waals surface area (Å²) in [5.74, 6) is -1.27. The molecule has 0 fully saturated rings. The number of carbonyl (C=O) groups excluding carboxylic acids is 4. The second-order valence-corrected chi connectivity index (χ2v) is 5.63. The Morgan fingerprint density at radius 2 is 1.96 bits per heavy atom. The van der Waals surface area contributed by atoms with Gasteiger partial charge in [0, 0.05) is 19.4 Å². The van der Waals surface area contributed by atoms with Gasteiger partial charge in [-0.05, 0) is 25.0 Å². The molecule has 8 heteroatoms. The van der Waals surface area contributed by atoms with Crippen LogP contribution >= 0.6 is 0 Å². The summed E-state index contributed by atoms with van der Waals surface area (Å²) in [5, 5.41) is 8.00. The van der Waals surface area contributed by atoms with E-state index in [1.54, 1.807) is 24.3 Å². The second kappa shape index (κ2) is 8.81. The highest BCUT2D eigenvalue weighted by molar-refractivity contribution is 6.09. The van der Waals surface area contributed by atoms with Crippen molar-refractivity contribution in [3.8, 4) is 0 Å². The third kappa shape index (κ3) is 5.30. The molecule has 3 amide bonds. The van der Waals surface area contributed by atoms with Crippen molar-refractivity contribution in [3.05, 3.63) is 29.8 Å². The van der Waals surface area contributed by atoms with Crippen LogP contribution in [0.2, 0.25) is 0 Å². The Morgan fingerprint density at radius 3 is 2.72 bits per heavy atom. The number of fused-ring (bicyclic) bond motifs is 1. The summed E-state index contributed by atoms with van der Waals surface area (Å²) in [6.07, 6.45) is 0.992. The molecule has 0 aliphatic carbocycles. The highest BCUT2D eigenvalue weighted by Gasteiger charge is 2.27. The van der Waals surface area contributed by atoms with Gasteiger partial charge in [-0.25, -0.2) is 0 Å². The van der Waals surface area contributed by atoms with E-state index in [0.29, 0.717) is 24.2 Å². The Hall–Kier alpha value is -2.90. The van der Waals surface area contributed by atoms with E-state index in [2.05, 4.69) is 20.7 Å². The Bertz CT molecular complexity index is 674. The first-order valence-corrected chi connectivity index (χ1v) is 8.05. The lowest BCUT2D eigenvalue weighted by Gasteiger charge is -2.14. The standard InChI is InChI=1S/C17H21N3O5/c1-25-15(22)7-4-10-18-14(21)9-8-13-17(24)19-12-6-3-2-5-11(12)16(23)20-13/h2-3,5-6,13H,4,7-10H2,1H3,(H,18,21)(H,19,24)(H,20,23). The summed E-state index contributed by atoms with van der Waals surface area (Å²) in [4.78, 5) is 47.1. The van der Waals surface area contributed by atoms with Crippen LogP contribution in [0.1, 0.15) is 36.0 Å². The highest BCUT2D eigenvalue weighted by Crippen LogP contribution is 2.19. The molecular weight excluding hydrogens is 326 g/mol. The summed E-state index contributed by atoms with van der Waals surface area (Å²) >= 11 is 0. The first-order chi connectivity index (χ1) is 12.0. The summed E-state index contributed by atoms with van der Waals surface area (Å²) in [6, 6.07) is 5.95. The molecule has 1 aliphatic rings. The smallest absolute Gasteiger partial charge is 0.305 e. The third-order valence-electron chi connectivity index (χ3n) is 3.82. The molecule has 0 saturated heterocycles. The first-order valence-electron chi connectivity index (χ1n) is 8.05. The minimum absolute atomic E-state index is 0.0902. The summed E-state index contributed by atoms with van der Waals surface area (Å²) in [6.45, 7) is 0.350. The van der Waals surface area contributed by atoms with E-state index in [1.165, 1.54) is 7.11 Å².